The fraction of sp³-hybridized carbons (Fsp3) is 0.348. The van der Waals surface area contributed by atoms with Crippen LogP contribution in [0.5, 0.6) is 0 Å². The first kappa shape index (κ1) is 26.4. The van der Waals surface area contributed by atoms with E-state index in [-0.39, 0.29) is 24.4 Å². The summed E-state index contributed by atoms with van der Waals surface area (Å²) in [7, 11) is 0. The normalized spacial score (nSPS) is 16.5. The number of fused-ring (bicyclic) bond motifs is 3. The van der Waals surface area contributed by atoms with E-state index < -0.39 is 12.1 Å². The molecule has 0 saturated carbocycles. The maximum absolute atomic E-state index is 12.6. The monoisotopic (exact) mass is 510 g/mol. The molecule has 1 aliphatic rings. The fourth-order valence-electron chi connectivity index (χ4n) is 3.95. The third-order valence-electron chi connectivity index (χ3n) is 5.53. The zero-order valence-corrected chi connectivity index (χ0v) is 19.7. The van der Waals surface area contributed by atoms with Crippen LogP contribution >= 0.6 is 11.8 Å². The number of carbonyl (C=O) groups is 3. The van der Waals surface area contributed by atoms with E-state index in [0.717, 1.165) is 28.9 Å². The lowest BCUT2D eigenvalue weighted by atomic mass is 10.1. The van der Waals surface area contributed by atoms with Crippen molar-refractivity contribution in [3.8, 4) is 0 Å². The minimum Gasteiger partial charge on any atom is -0.475 e. The minimum absolute atomic E-state index is 0.128. The summed E-state index contributed by atoms with van der Waals surface area (Å²) in [6.07, 6.45) is -5.08. The number of halogens is 3. The highest BCUT2D eigenvalue weighted by Gasteiger charge is 2.38. The standard InChI is InChI=1S/C21H24N4O2S.C2HF3O2/c1-2-25-17-6-4-3-5-15(17)16-11-14(7-8-18(16)25)23-20(26)12-24-9-10-28-13-19(24)21(22)27;3-2(4,5)1(6)7/h3-8,11,19H,2,9-10,12-13H2,1H3,(H2,22,27)(H,23,26);(H,6,7). The lowest BCUT2D eigenvalue weighted by Gasteiger charge is -2.32. The number of aliphatic carboxylic acids is 1. The van der Waals surface area contributed by atoms with Crippen molar-refractivity contribution >= 4 is 57.0 Å². The Morgan fingerprint density at radius 3 is 2.43 bits per heavy atom. The van der Waals surface area contributed by atoms with E-state index in [4.69, 9.17) is 15.6 Å². The van der Waals surface area contributed by atoms with Crippen LogP contribution in [0.3, 0.4) is 0 Å². The zero-order valence-electron chi connectivity index (χ0n) is 18.8. The molecule has 8 nitrogen and oxygen atoms in total. The Bertz CT molecular complexity index is 1240. The first-order valence-electron chi connectivity index (χ1n) is 10.7. The molecule has 4 N–H and O–H groups in total. The highest BCUT2D eigenvalue weighted by Crippen LogP contribution is 2.31. The van der Waals surface area contributed by atoms with Crippen molar-refractivity contribution in [1.82, 2.24) is 9.47 Å². The summed E-state index contributed by atoms with van der Waals surface area (Å²) in [5.74, 6) is -1.71. The van der Waals surface area contributed by atoms with Gasteiger partial charge in [-0.3, -0.25) is 14.5 Å². The number of anilines is 1. The number of amides is 2. The van der Waals surface area contributed by atoms with Crippen molar-refractivity contribution in [3.05, 3.63) is 42.5 Å². The molecule has 1 saturated heterocycles. The predicted molar refractivity (Wildman–Crippen MR) is 129 cm³/mol. The summed E-state index contributed by atoms with van der Waals surface area (Å²) < 4.78 is 34.0. The number of carboxylic acids is 1. The van der Waals surface area contributed by atoms with Gasteiger partial charge in [0, 0.05) is 52.1 Å². The number of hydrogen-bond acceptors (Lipinski definition) is 5. The van der Waals surface area contributed by atoms with Gasteiger partial charge in [-0.25, -0.2) is 4.79 Å². The molecule has 35 heavy (non-hydrogen) atoms. The van der Waals surface area contributed by atoms with Gasteiger partial charge in [-0.15, -0.1) is 0 Å². The number of alkyl halides is 3. The summed E-state index contributed by atoms with van der Waals surface area (Å²) in [6.45, 7) is 3.88. The molecule has 4 rings (SSSR count). The van der Waals surface area contributed by atoms with E-state index in [1.165, 1.54) is 10.9 Å². The summed E-state index contributed by atoms with van der Waals surface area (Å²) >= 11 is 1.70. The molecule has 2 amide bonds. The zero-order chi connectivity index (χ0) is 25.8. The van der Waals surface area contributed by atoms with Crippen LogP contribution in [0, 0.1) is 0 Å². The van der Waals surface area contributed by atoms with E-state index in [9.17, 15) is 22.8 Å². The molecule has 1 aromatic heterocycles. The molecule has 0 bridgehead atoms. The Kier molecular flexibility index (Phi) is 8.28. The average molecular weight is 511 g/mol. The van der Waals surface area contributed by atoms with Gasteiger partial charge >= 0.3 is 12.1 Å². The lowest BCUT2D eigenvalue weighted by Crippen LogP contribution is -2.52. The Labute approximate surface area is 203 Å². The first-order valence-corrected chi connectivity index (χ1v) is 11.9. The van der Waals surface area contributed by atoms with E-state index in [1.807, 2.05) is 29.2 Å². The number of carboxylic acid groups (broad SMARTS) is 1. The molecule has 188 valence electrons. The van der Waals surface area contributed by atoms with Crippen molar-refractivity contribution in [2.45, 2.75) is 25.7 Å². The van der Waals surface area contributed by atoms with Crippen LogP contribution in [0.1, 0.15) is 6.92 Å². The third-order valence-corrected chi connectivity index (χ3v) is 6.55. The second-order valence-corrected chi connectivity index (χ2v) is 8.96. The van der Waals surface area contributed by atoms with Crippen molar-refractivity contribution in [3.63, 3.8) is 0 Å². The van der Waals surface area contributed by atoms with Crippen LogP contribution in [0.2, 0.25) is 0 Å². The summed E-state index contributed by atoms with van der Waals surface area (Å²) in [5.41, 5.74) is 8.60. The van der Waals surface area contributed by atoms with Crippen LogP contribution in [-0.2, 0) is 20.9 Å². The Hall–Kier alpha value is -3.25. The Morgan fingerprint density at radius 2 is 1.80 bits per heavy atom. The number of primary amides is 1. The molecule has 12 heteroatoms. The second kappa shape index (κ2) is 11.0. The molecular weight excluding hydrogens is 485 g/mol. The maximum Gasteiger partial charge on any atom is 0.490 e. The fourth-order valence-corrected chi connectivity index (χ4v) is 5.08. The van der Waals surface area contributed by atoms with E-state index in [1.54, 1.807) is 11.8 Å². The molecule has 2 aromatic carbocycles. The van der Waals surface area contributed by atoms with E-state index in [2.05, 4.69) is 35.0 Å². The SMILES string of the molecule is CCn1c2ccccc2c2cc(NC(=O)CN3CCSCC3C(N)=O)ccc21.O=C(O)C(F)(F)F. The molecule has 1 unspecified atom stereocenters. The van der Waals surface area contributed by atoms with Gasteiger partial charge < -0.3 is 20.7 Å². The Morgan fingerprint density at radius 1 is 1.14 bits per heavy atom. The first-order chi connectivity index (χ1) is 16.5. The highest BCUT2D eigenvalue weighted by molar-refractivity contribution is 7.99. The molecule has 0 aliphatic carbocycles. The third kappa shape index (κ3) is 6.25. The molecule has 0 radical (unpaired) electrons. The topological polar surface area (TPSA) is 118 Å². The number of nitrogens with zero attached hydrogens (tertiary/aromatic N) is 2. The Balaban J connectivity index is 0.000000429. The van der Waals surface area contributed by atoms with Crippen molar-refractivity contribution < 1.29 is 32.7 Å². The van der Waals surface area contributed by atoms with Crippen LogP contribution in [0.25, 0.3) is 21.8 Å². The van der Waals surface area contributed by atoms with Crippen LogP contribution < -0.4 is 11.1 Å². The number of aromatic nitrogens is 1. The largest absolute Gasteiger partial charge is 0.490 e. The van der Waals surface area contributed by atoms with Crippen molar-refractivity contribution in [2.75, 3.05) is 29.9 Å². The molecule has 1 atom stereocenters. The average Bonchev–Trinajstić information content (AvgIpc) is 3.12. The summed E-state index contributed by atoms with van der Waals surface area (Å²) in [4.78, 5) is 35.0. The molecule has 1 fully saturated rings. The number of aryl methyl sites for hydroxylation is 1. The molecule has 3 aromatic rings. The van der Waals surface area contributed by atoms with E-state index in [0.29, 0.717) is 12.3 Å². The van der Waals surface area contributed by atoms with Crippen LogP contribution in [-0.4, -0.2) is 69.2 Å². The number of nitrogens with two attached hydrogens (primary N) is 1. The molecule has 2 heterocycles. The number of rotatable bonds is 5. The quantitative estimate of drug-likeness (QED) is 0.485. The van der Waals surface area contributed by atoms with Crippen molar-refractivity contribution in [1.29, 1.82) is 0 Å². The van der Waals surface area contributed by atoms with Gasteiger partial charge in [0.2, 0.25) is 11.8 Å². The lowest BCUT2D eigenvalue weighted by molar-refractivity contribution is -0.192. The predicted octanol–water partition coefficient (Wildman–Crippen LogP) is 3.29. The number of benzene rings is 2. The van der Waals surface area contributed by atoms with Gasteiger partial charge in [-0.05, 0) is 31.2 Å². The highest BCUT2D eigenvalue weighted by atomic mass is 32.2. The van der Waals surface area contributed by atoms with Gasteiger partial charge in [0.15, 0.2) is 0 Å². The van der Waals surface area contributed by atoms with E-state index >= 15 is 0 Å². The number of hydrogen-bond donors (Lipinski definition) is 3. The van der Waals surface area contributed by atoms with Crippen LogP contribution in [0.15, 0.2) is 42.5 Å². The van der Waals surface area contributed by atoms with Gasteiger partial charge in [0.05, 0.1) is 12.6 Å². The molecular formula is C23H25F3N4O4S. The van der Waals surface area contributed by atoms with Gasteiger partial charge in [-0.1, -0.05) is 18.2 Å². The van der Waals surface area contributed by atoms with Crippen molar-refractivity contribution in [2.24, 2.45) is 5.73 Å². The summed E-state index contributed by atoms with van der Waals surface area (Å²) in [6, 6.07) is 13.9. The number of carbonyl (C=O) groups excluding carboxylic acids is 2. The minimum atomic E-state index is -5.08. The number of thioether (sulfide) groups is 1. The number of nitrogens with one attached hydrogen (secondary N) is 1. The maximum atomic E-state index is 12.6. The molecule has 1 aliphatic heterocycles. The van der Waals surface area contributed by atoms with Gasteiger partial charge in [0.25, 0.3) is 0 Å². The second-order valence-electron chi connectivity index (χ2n) is 7.81. The number of para-hydroxylation sites is 1. The smallest absolute Gasteiger partial charge is 0.475 e. The molecule has 0 spiro atoms. The van der Waals surface area contributed by atoms with Gasteiger partial charge in [0.1, 0.15) is 0 Å². The summed E-state index contributed by atoms with van der Waals surface area (Å²) in [5, 5.41) is 12.4. The van der Waals surface area contributed by atoms with Gasteiger partial charge in [-0.2, -0.15) is 24.9 Å². The van der Waals surface area contributed by atoms with Crippen LogP contribution in [0.4, 0.5) is 18.9 Å².